The van der Waals surface area contributed by atoms with Gasteiger partial charge in [-0.05, 0) is 29.8 Å². The van der Waals surface area contributed by atoms with Gasteiger partial charge in [0, 0.05) is 11.8 Å². The number of hydrogen-bond donors (Lipinski definition) is 0. The van der Waals surface area contributed by atoms with Gasteiger partial charge in [-0.25, -0.2) is 8.42 Å². The van der Waals surface area contributed by atoms with Crippen molar-refractivity contribution in [3.8, 4) is 11.5 Å². The van der Waals surface area contributed by atoms with Crippen molar-refractivity contribution >= 4 is 32.7 Å². The van der Waals surface area contributed by atoms with Crippen molar-refractivity contribution in [2.75, 3.05) is 25.2 Å². The maximum absolute atomic E-state index is 12.4. The average molecular weight is 447 g/mol. The lowest BCUT2D eigenvalue weighted by atomic mass is 10.1. The molecule has 0 aromatic heterocycles. The second-order valence-corrected chi connectivity index (χ2v) is 10.5. The van der Waals surface area contributed by atoms with Crippen LogP contribution in [-0.4, -0.2) is 60.9 Å². The van der Waals surface area contributed by atoms with E-state index in [0.29, 0.717) is 17.5 Å². The zero-order chi connectivity index (χ0) is 21.1. The van der Waals surface area contributed by atoms with Crippen LogP contribution in [0.4, 0.5) is 0 Å². The first-order valence-electron chi connectivity index (χ1n) is 9.49. The standard InChI is InChI=1S/C21H22N2O5S2/c1-27-17-9-5-6-15(10-17)11-23-18-13-30(25,26)14-19(18)29-21(23)22-20(24)12-28-16-7-3-2-4-8-16/h2-10,18-19H,11-14H2,1H3/t18-,19-/m1/s1. The lowest BCUT2D eigenvalue weighted by Gasteiger charge is -2.24. The molecule has 2 heterocycles. The maximum Gasteiger partial charge on any atom is 0.285 e. The summed E-state index contributed by atoms with van der Waals surface area (Å²) in [6.07, 6.45) is 0. The number of aliphatic imine (C=N–C) groups is 1. The topological polar surface area (TPSA) is 85.3 Å². The number of ether oxygens (including phenoxy) is 2. The molecule has 0 radical (unpaired) electrons. The van der Waals surface area contributed by atoms with E-state index in [9.17, 15) is 13.2 Å². The number of benzene rings is 2. The molecule has 2 saturated heterocycles. The summed E-state index contributed by atoms with van der Waals surface area (Å²) in [5.41, 5.74) is 0.959. The largest absolute Gasteiger partial charge is 0.497 e. The number of hydrogen-bond acceptors (Lipinski definition) is 6. The fraction of sp³-hybridized carbons (Fsp3) is 0.333. The Bertz CT molecular complexity index is 1060. The first-order valence-corrected chi connectivity index (χ1v) is 12.2. The third-order valence-electron chi connectivity index (χ3n) is 4.99. The zero-order valence-corrected chi connectivity index (χ0v) is 18.1. The van der Waals surface area contributed by atoms with Gasteiger partial charge in [-0.1, -0.05) is 42.1 Å². The molecule has 2 aliphatic rings. The normalized spacial score (nSPS) is 23.4. The van der Waals surface area contributed by atoms with Crippen LogP contribution in [0.2, 0.25) is 0 Å². The highest BCUT2D eigenvalue weighted by Crippen LogP contribution is 2.39. The smallest absolute Gasteiger partial charge is 0.285 e. The molecule has 0 spiro atoms. The van der Waals surface area contributed by atoms with E-state index in [0.717, 1.165) is 11.3 Å². The summed E-state index contributed by atoms with van der Waals surface area (Å²) >= 11 is 1.36. The molecule has 2 fully saturated rings. The fourth-order valence-corrected chi connectivity index (χ4v) is 7.56. The minimum atomic E-state index is -3.09. The van der Waals surface area contributed by atoms with Gasteiger partial charge in [-0.3, -0.25) is 4.79 Å². The molecule has 2 atom stereocenters. The zero-order valence-electron chi connectivity index (χ0n) is 16.4. The molecule has 0 bridgehead atoms. The summed E-state index contributed by atoms with van der Waals surface area (Å²) in [4.78, 5) is 18.6. The van der Waals surface area contributed by atoms with Gasteiger partial charge < -0.3 is 14.4 Å². The van der Waals surface area contributed by atoms with Crippen LogP contribution < -0.4 is 9.47 Å². The van der Waals surface area contributed by atoms with Gasteiger partial charge in [0.1, 0.15) is 11.5 Å². The van der Waals surface area contributed by atoms with Crippen LogP contribution in [0.5, 0.6) is 11.5 Å². The summed E-state index contributed by atoms with van der Waals surface area (Å²) in [5.74, 6) is 1.09. The molecule has 0 saturated carbocycles. The van der Waals surface area contributed by atoms with E-state index in [1.165, 1.54) is 11.8 Å². The van der Waals surface area contributed by atoms with Gasteiger partial charge >= 0.3 is 0 Å². The van der Waals surface area contributed by atoms with E-state index in [-0.39, 0.29) is 29.4 Å². The number of fused-ring (bicyclic) bond motifs is 1. The summed E-state index contributed by atoms with van der Waals surface area (Å²) in [6, 6.07) is 16.5. The summed E-state index contributed by atoms with van der Waals surface area (Å²) < 4.78 is 35.1. The van der Waals surface area contributed by atoms with Crippen LogP contribution >= 0.6 is 11.8 Å². The third kappa shape index (κ3) is 4.79. The van der Waals surface area contributed by atoms with Gasteiger partial charge in [0.05, 0.1) is 24.7 Å². The quantitative estimate of drug-likeness (QED) is 0.673. The van der Waals surface area contributed by atoms with Crippen molar-refractivity contribution < 1.29 is 22.7 Å². The molecule has 7 nitrogen and oxygen atoms in total. The number of thioether (sulfide) groups is 1. The molecular formula is C21H22N2O5S2. The van der Waals surface area contributed by atoms with Gasteiger partial charge in [0.2, 0.25) is 0 Å². The van der Waals surface area contributed by atoms with Crippen molar-refractivity contribution in [3.05, 3.63) is 60.2 Å². The molecular weight excluding hydrogens is 424 g/mol. The number of methoxy groups -OCH3 is 1. The maximum atomic E-state index is 12.4. The second-order valence-electron chi connectivity index (χ2n) is 7.17. The highest BCUT2D eigenvalue weighted by atomic mass is 32.2. The lowest BCUT2D eigenvalue weighted by molar-refractivity contribution is -0.119. The van der Waals surface area contributed by atoms with Gasteiger partial charge in [-0.15, -0.1) is 0 Å². The Morgan fingerprint density at radius 3 is 2.67 bits per heavy atom. The Kier molecular flexibility index (Phi) is 6.01. The number of nitrogens with zero attached hydrogens (tertiary/aromatic N) is 2. The summed E-state index contributed by atoms with van der Waals surface area (Å²) in [6.45, 7) is 0.279. The molecule has 2 aromatic rings. The van der Waals surface area contributed by atoms with E-state index in [1.807, 2.05) is 47.4 Å². The molecule has 30 heavy (non-hydrogen) atoms. The van der Waals surface area contributed by atoms with Crippen molar-refractivity contribution in [1.82, 2.24) is 4.90 Å². The Morgan fingerprint density at radius 1 is 1.13 bits per heavy atom. The molecule has 4 rings (SSSR count). The fourth-order valence-electron chi connectivity index (χ4n) is 3.59. The first-order chi connectivity index (χ1) is 14.4. The summed E-state index contributed by atoms with van der Waals surface area (Å²) in [5, 5.41) is 0.423. The second kappa shape index (κ2) is 8.69. The van der Waals surface area contributed by atoms with Gasteiger partial charge in [-0.2, -0.15) is 4.99 Å². The molecule has 0 N–H and O–H groups in total. The molecule has 158 valence electrons. The van der Waals surface area contributed by atoms with Gasteiger partial charge in [0.15, 0.2) is 21.6 Å². The van der Waals surface area contributed by atoms with Crippen molar-refractivity contribution in [3.63, 3.8) is 0 Å². The van der Waals surface area contributed by atoms with E-state index in [1.54, 1.807) is 19.2 Å². The van der Waals surface area contributed by atoms with E-state index < -0.39 is 15.7 Å². The van der Waals surface area contributed by atoms with Crippen molar-refractivity contribution in [1.29, 1.82) is 0 Å². The van der Waals surface area contributed by atoms with E-state index in [2.05, 4.69) is 4.99 Å². The van der Waals surface area contributed by atoms with Gasteiger partial charge in [0.25, 0.3) is 5.91 Å². The molecule has 1 amide bonds. The predicted octanol–water partition coefficient (Wildman–Crippen LogP) is 2.37. The average Bonchev–Trinajstić information content (AvgIpc) is 3.19. The Labute approximate surface area is 180 Å². The van der Waals surface area contributed by atoms with Crippen LogP contribution in [0, 0.1) is 0 Å². The van der Waals surface area contributed by atoms with Crippen LogP contribution in [-0.2, 0) is 21.2 Å². The molecule has 0 unspecified atom stereocenters. The highest BCUT2D eigenvalue weighted by molar-refractivity contribution is 8.15. The number of amides is 1. The van der Waals surface area contributed by atoms with Crippen LogP contribution in [0.25, 0.3) is 0 Å². The van der Waals surface area contributed by atoms with Crippen molar-refractivity contribution in [2.24, 2.45) is 4.99 Å². The van der Waals surface area contributed by atoms with E-state index in [4.69, 9.17) is 9.47 Å². The highest BCUT2D eigenvalue weighted by Gasteiger charge is 2.48. The van der Waals surface area contributed by atoms with Crippen LogP contribution in [0.1, 0.15) is 5.56 Å². The number of amidine groups is 1. The number of rotatable bonds is 6. The number of carbonyl (C=O) groups is 1. The lowest BCUT2D eigenvalue weighted by Crippen LogP contribution is -2.37. The number of carbonyl (C=O) groups excluding carboxylic acids is 1. The minimum absolute atomic E-state index is 0.0718. The molecule has 9 heteroatoms. The molecule has 0 aliphatic carbocycles. The number of sulfone groups is 1. The summed E-state index contributed by atoms with van der Waals surface area (Å²) in [7, 11) is -1.49. The SMILES string of the molecule is COc1cccc(CN2C(=NC(=O)COc3ccccc3)S[C@@H]3CS(=O)(=O)C[C@H]32)c1. The third-order valence-corrected chi connectivity index (χ3v) is 8.24. The Balaban J connectivity index is 1.52. The Morgan fingerprint density at radius 2 is 1.90 bits per heavy atom. The molecule has 2 aliphatic heterocycles. The molecule has 2 aromatic carbocycles. The Hall–Kier alpha value is -2.52. The van der Waals surface area contributed by atoms with E-state index >= 15 is 0 Å². The predicted molar refractivity (Wildman–Crippen MR) is 117 cm³/mol. The van der Waals surface area contributed by atoms with Crippen molar-refractivity contribution in [2.45, 2.75) is 17.8 Å². The van der Waals surface area contributed by atoms with Crippen LogP contribution in [0.15, 0.2) is 59.6 Å². The number of para-hydroxylation sites is 1. The minimum Gasteiger partial charge on any atom is -0.497 e. The van der Waals surface area contributed by atoms with Crippen LogP contribution in [0.3, 0.4) is 0 Å². The monoisotopic (exact) mass is 446 g/mol. The first kappa shape index (κ1) is 20.7.